The van der Waals surface area contributed by atoms with Gasteiger partial charge < -0.3 is 20.5 Å². The van der Waals surface area contributed by atoms with E-state index in [1.807, 2.05) is 0 Å². The number of alkyl carbamates (subject to hydrolysis) is 1. The minimum absolute atomic E-state index is 0.00843. The summed E-state index contributed by atoms with van der Waals surface area (Å²) in [7, 11) is 2.96. The molecule has 1 aliphatic carbocycles. The first-order chi connectivity index (χ1) is 6.17. The largest absolute Gasteiger partial charge is 0.453 e. The highest BCUT2D eigenvalue weighted by Crippen LogP contribution is 2.20. The summed E-state index contributed by atoms with van der Waals surface area (Å²) >= 11 is 0. The number of hydrogen-bond donors (Lipinski definition) is 2. The molecule has 0 aromatic rings. The standard InChI is InChI=1S/C8H16N2O3/c1-12-7-4-5(9)3-6(7)10-8(11)13-2/h5-7H,3-4,9H2,1-2H3,(H,10,11)/t5-,6-,7-/m0/s1. The molecule has 0 saturated heterocycles. The van der Waals surface area contributed by atoms with Crippen molar-refractivity contribution in [3.05, 3.63) is 0 Å². The molecule has 0 unspecified atom stereocenters. The summed E-state index contributed by atoms with van der Waals surface area (Å²) in [5, 5.41) is 2.69. The number of rotatable bonds is 2. The molecule has 1 fully saturated rings. The van der Waals surface area contributed by atoms with Crippen LogP contribution in [0, 0.1) is 0 Å². The van der Waals surface area contributed by atoms with Crippen molar-refractivity contribution in [3.63, 3.8) is 0 Å². The molecule has 0 aromatic carbocycles. The van der Waals surface area contributed by atoms with E-state index in [2.05, 4.69) is 10.1 Å². The third-order valence-corrected chi connectivity index (χ3v) is 2.33. The highest BCUT2D eigenvalue weighted by molar-refractivity contribution is 5.67. The van der Waals surface area contributed by atoms with Gasteiger partial charge >= 0.3 is 6.09 Å². The van der Waals surface area contributed by atoms with Gasteiger partial charge in [-0.1, -0.05) is 0 Å². The lowest BCUT2D eigenvalue weighted by Crippen LogP contribution is -2.40. The summed E-state index contributed by atoms with van der Waals surface area (Å²) in [4.78, 5) is 10.9. The smallest absolute Gasteiger partial charge is 0.407 e. The third kappa shape index (κ3) is 2.57. The van der Waals surface area contributed by atoms with Gasteiger partial charge in [-0.2, -0.15) is 0 Å². The second-order valence-electron chi connectivity index (χ2n) is 3.25. The topological polar surface area (TPSA) is 73.6 Å². The fourth-order valence-corrected chi connectivity index (χ4v) is 1.66. The lowest BCUT2D eigenvalue weighted by Gasteiger charge is -2.18. The molecule has 0 spiro atoms. The van der Waals surface area contributed by atoms with Gasteiger partial charge in [0.2, 0.25) is 0 Å². The number of nitrogens with one attached hydrogen (secondary N) is 1. The van der Waals surface area contributed by atoms with Crippen molar-refractivity contribution in [2.24, 2.45) is 5.73 Å². The molecule has 0 radical (unpaired) electrons. The monoisotopic (exact) mass is 188 g/mol. The number of amides is 1. The Balaban J connectivity index is 2.43. The van der Waals surface area contributed by atoms with Crippen LogP contribution in [0.1, 0.15) is 12.8 Å². The van der Waals surface area contributed by atoms with Gasteiger partial charge in [-0.05, 0) is 12.8 Å². The lowest BCUT2D eigenvalue weighted by molar-refractivity contribution is 0.0809. The van der Waals surface area contributed by atoms with Gasteiger partial charge in [-0.25, -0.2) is 4.79 Å². The van der Waals surface area contributed by atoms with Crippen molar-refractivity contribution in [1.29, 1.82) is 0 Å². The van der Waals surface area contributed by atoms with Gasteiger partial charge in [-0.3, -0.25) is 0 Å². The number of carbonyl (C=O) groups excluding carboxylic acids is 1. The molecular weight excluding hydrogens is 172 g/mol. The number of ether oxygens (including phenoxy) is 2. The quantitative estimate of drug-likeness (QED) is 0.632. The average molecular weight is 188 g/mol. The molecular formula is C8H16N2O3. The first-order valence-electron chi connectivity index (χ1n) is 4.30. The maximum Gasteiger partial charge on any atom is 0.407 e. The maximum absolute atomic E-state index is 10.9. The Hall–Kier alpha value is -0.810. The van der Waals surface area contributed by atoms with Crippen LogP contribution in [0.25, 0.3) is 0 Å². The van der Waals surface area contributed by atoms with E-state index in [-0.39, 0.29) is 18.2 Å². The summed E-state index contributed by atoms with van der Waals surface area (Å²) in [5.74, 6) is 0. The Kier molecular flexibility index (Phi) is 3.50. The van der Waals surface area contributed by atoms with Crippen LogP contribution < -0.4 is 11.1 Å². The molecule has 1 saturated carbocycles. The molecule has 0 bridgehead atoms. The molecule has 1 rings (SSSR count). The lowest BCUT2D eigenvalue weighted by atomic mass is 10.2. The summed E-state index contributed by atoms with van der Waals surface area (Å²) in [6, 6.07) is 0.0829. The Morgan fingerprint density at radius 1 is 1.46 bits per heavy atom. The third-order valence-electron chi connectivity index (χ3n) is 2.33. The van der Waals surface area contributed by atoms with Crippen molar-refractivity contribution in [3.8, 4) is 0 Å². The Bertz CT molecular complexity index is 186. The predicted molar refractivity (Wildman–Crippen MR) is 47.3 cm³/mol. The number of nitrogens with two attached hydrogens (primary N) is 1. The fourth-order valence-electron chi connectivity index (χ4n) is 1.66. The Morgan fingerprint density at radius 3 is 2.69 bits per heavy atom. The molecule has 13 heavy (non-hydrogen) atoms. The molecule has 1 aliphatic rings. The van der Waals surface area contributed by atoms with E-state index in [1.165, 1.54) is 7.11 Å². The van der Waals surface area contributed by atoms with E-state index in [1.54, 1.807) is 7.11 Å². The van der Waals surface area contributed by atoms with Gasteiger partial charge in [0.1, 0.15) is 0 Å². The van der Waals surface area contributed by atoms with E-state index in [0.717, 1.165) is 12.8 Å². The van der Waals surface area contributed by atoms with Gasteiger partial charge in [0.15, 0.2) is 0 Å². The Labute approximate surface area is 77.6 Å². The molecule has 0 aromatic heterocycles. The second kappa shape index (κ2) is 4.43. The minimum atomic E-state index is -0.429. The van der Waals surface area contributed by atoms with Gasteiger partial charge in [0.05, 0.1) is 19.3 Å². The molecule has 1 amide bonds. The number of hydrogen-bond acceptors (Lipinski definition) is 4. The zero-order valence-corrected chi connectivity index (χ0v) is 7.95. The van der Waals surface area contributed by atoms with Gasteiger partial charge in [0, 0.05) is 13.2 Å². The van der Waals surface area contributed by atoms with Crippen LogP contribution in [-0.4, -0.2) is 38.5 Å². The average Bonchev–Trinajstić information content (AvgIpc) is 2.46. The van der Waals surface area contributed by atoms with Crippen LogP contribution in [0.4, 0.5) is 4.79 Å². The highest BCUT2D eigenvalue weighted by atomic mass is 16.5. The normalized spacial score (nSPS) is 33.0. The molecule has 0 aliphatic heterocycles. The van der Waals surface area contributed by atoms with Crippen LogP contribution in [0.3, 0.4) is 0 Å². The maximum atomic E-state index is 10.9. The van der Waals surface area contributed by atoms with Crippen molar-refractivity contribution in [2.75, 3.05) is 14.2 Å². The Morgan fingerprint density at radius 2 is 2.15 bits per heavy atom. The van der Waals surface area contributed by atoms with Crippen molar-refractivity contribution < 1.29 is 14.3 Å². The number of methoxy groups -OCH3 is 2. The van der Waals surface area contributed by atoms with Crippen molar-refractivity contribution in [2.45, 2.75) is 31.0 Å². The zero-order valence-electron chi connectivity index (χ0n) is 7.95. The van der Waals surface area contributed by atoms with E-state index < -0.39 is 6.09 Å². The summed E-state index contributed by atoms with van der Waals surface area (Å²) in [6.07, 6.45) is 1.11. The molecule has 3 atom stereocenters. The summed E-state index contributed by atoms with van der Waals surface area (Å²) < 4.78 is 9.68. The second-order valence-corrected chi connectivity index (χ2v) is 3.25. The first kappa shape index (κ1) is 10.3. The van der Waals surface area contributed by atoms with Gasteiger partial charge in [0.25, 0.3) is 0 Å². The molecule has 76 valence electrons. The first-order valence-corrected chi connectivity index (χ1v) is 4.30. The summed E-state index contributed by atoms with van der Waals surface area (Å²) in [6.45, 7) is 0. The molecule has 0 heterocycles. The SMILES string of the molecule is COC(=O)N[C@H]1C[C@H](N)C[C@@H]1OC. The summed E-state index contributed by atoms with van der Waals surface area (Å²) in [5.41, 5.74) is 5.74. The van der Waals surface area contributed by atoms with Crippen LogP contribution in [0.2, 0.25) is 0 Å². The van der Waals surface area contributed by atoms with Crippen LogP contribution >= 0.6 is 0 Å². The molecule has 5 heteroatoms. The highest BCUT2D eigenvalue weighted by Gasteiger charge is 2.33. The minimum Gasteiger partial charge on any atom is -0.453 e. The van der Waals surface area contributed by atoms with E-state index in [9.17, 15) is 4.79 Å². The van der Waals surface area contributed by atoms with E-state index in [4.69, 9.17) is 10.5 Å². The molecule has 3 N–H and O–H groups in total. The van der Waals surface area contributed by atoms with Crippen LogP contribution in [0.15, 0.2) is 0 Å². The van der Waals surface area contributed by atoms with Crippen LogP contribution in [0.5, 0.6) is 0 Å². The van der Waals surface area contributed by atoms with Crippen LogP contribution in [-0.2, 0) is 9.47 Å². The van der Waals surface area contributed by atoms with Crippen molar-refractivity contribution in [1.82, 2.24) is 5.32 Å². The van der Waals surface area contributed by atoms with Crippen molar-refractivity contribution >= 4 is 6.09 Å². The zero-order chi connectivity index (χ0) is 9.84. The fraction of sp³-hybridized carbons (Fsp3) is 0.875. The number of carbonyl (C=O) groups is 1. The predicted octanol–water partition coefficient (Wildman–Crippen LogP) is -0.153. The van der Waals surface area contributed by atoms with E-state index >= 15 is 0 Å². The molecule has 5 nitrogen and oxygen atoms in total. The van der Waals surface area contributed by atoms with E-state index in [0.29, 0.717) is 0 Å². The van der Waals surface area contributed by atoms with Gasteiger partial charge in [-0.15, -0.1) is 0 Å².